The Morgan fingerprint density at radius 2 is 1.92 bits per heavy atom. The van der Waals surface area contributed by atoms with Gasteiger partial charge in [-0.25, -0.2) is 4.39 Å². The van der Waals surface area contributed by atoms with Crippen molar-refractivity contribution in [3.63, 3.8) is 0 Å². The van der Waals surface area contributed by atoms with Gasteiger partial charge in [-0.1, -0.05) is 48.0 Å². The zero-order valence-electron chi connectivity index (χ0n) is 13.9. The summed E-state index contributed by atoms with van der Waals surface area (Å²) in [7, 11) is 0. The van der Waals surface area contributed by atoms with E-state index in [-0.39, 0.29) is 24.4 Å². The molecule has 0 bridgehead atoms. The van der Waals surface area contributed by atoms with E-state index in [0.717, 1.165) is 16.7 Å². The van der Waals surface area contributed by atoms with E-state index < -0.39 is 5.91 Å². The largest absolute Gasteiger partial charge is 0.370 e. The van der Waals surface area contributed by atoms with Crippen LogP contribution < -0.4 is 5.73 Å². The summed E-state index contributed by atoms with van der Waals surface area (Å²) in [6, 6.07) is 10.7. The molecule has 24 heavy (non-hydrogen) atoms. The summed E-state index contributed by atoms with van der Waals surface area (Å²) in [5, 5.41) is 7.95. The minimum Gasteiger partial charge on any atom is -0.370 e. The molecule has 3 nitrogen and oxygen atoms in total. The topological polar surface area (TPSA) is 66.9 Å². The lowest BCUT2D eigenvalue weighted by atomic mass is 9.94. The van der Waals surface area contributed by atoms with Crippen molar-refractivity contribution in [1.82, 2.24) is 0 Å². The van der Waals surface area contributed by atoms with Crippen molar-refractivity contribution < 1.29 is 9.18 Å². The smallest absolute Gasteiger partial charge is 0.217 e. The molecule has 4 heteroatoms. The summed E-state index contributed by atoms with van der Waals surface area (Å²) >= 11 is 0. The van der Waals surface area contributed by atoms with Gasteiger partial charge in [0.1, 0.15) is 5.82 Å². The lowest BCUT2D eigenvalue weighted by Crippen LogP contribution is -2.12. The van der Waals surface area contributed by atoms with Crippen LogP contribution in [0, 0.1) is 18.2 Å². The predicted molar refractivity (Wildman–Crippen MR) is 96.5 cm³/mol. The Balaban J connectivity index is 2.39. The fourth-order valence-electron chi connectivity index (χ4n) is 2.54. The van der Waals surface area contributed by atoms with Gasteiger partial charge in [0.05, 0.1) is 0 Å². The molecule has 0 aliphatic rings. The molecule has 1 amide bonds. The van der Waals surface area contributed by atoms with Crippen molar-refractivity contribution in [2.24, 2.45) is 5.73 Å². The summed E-state index contributed by atoms with van der Waals surface area (Å²) in [5.74, 6) is -0.847. The van der Waals surface area contributed by atoms with Gasteiger partial charge in [0.2, 0.25) is 5.91 Å². The molecule has 0 atom stereocenters. The highest BCUT2D eigenvalue weighted by atomic mass is 19.1. The number of nitrogens with one attached hydrogen (secondary N) is 1. The molecule has 3 N–H and O–H groups in total. The maximum Gasteiger partial charge on any atom is 0.217 e. The fraction of sp³-hybridized carbons (Fsp3) is 0.200. The van der Waals surface area contributed by atoms with E-state index in [9.17, 15) is 9.18 Å². The summed E-state index contributed by atoms with van der Waals surface area (Å²) in [5.41, 5.74) is 9.08. The average Bonchev–Trinajstić information content (AvgIpc) is 2.54. The molecule has 2 aromatic carbocycles. The number of hydrogen-bond donors (Lipinski definition) is 2. The number of carbonyl (C=O) groups excluding carboxylic acids is 1. The number of hydrogen-bond acceptors (Lipinski definition) is 2. The van der Waals surface area contributed by atoms with E-state index in [0.29, 0.717) is 11.1 Å². The molecule has 0 aliphatic heterocycles. The van der Waals surface area contributed by atoms with Gasteiger partial charge in [0, 0.05) is 17.7 Å². The van der Waals surface area contributed by atoms with Crippen LogP contribution in [-0.2, 0) is 4.79 Å². The van der Waals surface area contributed by atoms with E-state index in [2.05, 4.69) is 0 Å². The number of benzene rings is 2. The fourth-order valence-corrected chi connectivity index (χ4v) is 2.54. The normalized spacial score (nSPS) is 11.0. The van der Waals surface area contributed by atoms with E-state index in [1.165, 1.54) is 6.07 Å². The molecule has 124 valence electrons. The van der Waals surface area contributed by atoms with Crippen molar-refractivity contribution in [1.29, 1.82) is 5.41 Å². The maximum absolute atomic E-state index is 14.6. The number of rotatable bonds is 6. The van der Waals surface area contributed by atoms with Crippen LogP contribution in [0.15, 0.2) is 42.5 Å². The third-order valence-corrected chi connectivity index (χ3v) is 3.78. The third-order valence-electron chi connectivity index (χ3n) is 3.78. The second-order valence-corrected chi connectivity index (χ2v) is 5.73. The van der Waals surface area contributed by atoms with E-state index in [4.69, 9.17) is 11.1 Å². The molecule has 0 heterocycles. The molecule has 0 saturated heterocycles. The molecule has 2 rings (SSSR count). The summed E-state index contributed by atoms with van der Waals surface area (Å²) in [6.07, 6.45) is 4.16. The SMILES string of the molecule is C/C=C/c1ccc(C)cc1-c1ccc(C(=N)CCC(N)=O)cc1F. The number of aryl methyl sites for hydroxylation is 1. The zero-order valence-corrected chi connectivity index (χ0v) is 13.9. The van der Waals surface area contributed by atoms with Gasteiger partial charge in [-0.05, 0) is 43.0 Å². The van der Waals surface area contributed by atoms with Crippen LogP contribution >= 0.6 is 0 Å². The van der Waals surface area contributed by atoms with E-state index in [1.807, 2.05) is 44.2 Å². The van der Waals surface area contributed by atoms with E-state index in [1.54, 1.807) is 12.1 Å². The molecule has 0 aromatic heterocycles. The summed E-state index contributed by atoms with van der Waals surface area (Å²) < 4.78 is 14.6. The minimum atomic E-state index is -0.465. The molecular weight excluding hydrogens is 303 g/mol. The van der Waals surface area contributed by atoms with Crippen LogP contribution in [-0.4, -0.2) is 11.6 Å². The quantitative estimate of drug-likeness (QED) is 0.757. The Kier molecular flexibility index (Phi) is 5.64. The van der Waals surface area contributed by atoms with Crippen LogP contribution in [0.4, 0.5) is 4.39 Å². The highest BCUT2D eigenvalue weighted by molar-refractivity contribution is 6.00. The lowest BCUT2D eigenvalue weighted by Gasteiger charge is -2.11. The van der Waals surface area contributed by atoms with Crippen molar-refractivity contribution in [2.75, 3.05) is 0 Å². The first-order valence-corrected chi connectivity index (χ1v) is 7.81. The molecule has 0 fully saturated rings. The average molecular weight is 324 g/mol. The van der Waals surface area contributed by atoms with Crippen molar-refractivity contribution in [3.05, 3.63) is 65.0 Å². The van der Waals surface area contributed by atoms with Gasteiger partial charge in [0.25, 0.3) is 0 Å². The molecule has 0 saturated carbocycles. The Bertz CT molecular complexity index is 809. The maximum atomic E-state index is 14.6. The first-order valence-electron chi connectivity index (χ1n) is 7.81. The van der Waals surface area contributed by atoms with Crippen LogP contribution in [0.5, 0.6) is 0 Å². The summed E-state index contributed by atoms with van der Waals surface area (Å²) in [4.78, 5) is 10.8. The van der Waals surface area contributed by atoms with Gasteiger partial charge < -0.3 is 11.1 Å². The van der Waals surface area contributed by atoms with Crippen molar-refractivity contribution in [3.8, 4) is 11.1 Å². The Morgan fingerprint density at radius 3 is 2.54 bits per heavy atom. The molecule has 0 radical (unpaired) electrons. The monoisotopic (exact) mass is 324 g/mol. The zero-order chi connectivity index (χ0) is 17.7. The Labute approximate surface area is 141 Å². The molecule has 0 spiro atoms. The highest BCUT2D eigenvalue weighted by Crippen LogP contribution is 2.29. The first kappa shape index (κ1) is 17.6. The number of halogens is 1. The predicted octanol–water partition coefficient (Wildman–Crippen LogP) is 4.47. The van der Waals surface area contributed by atoms with Gasteiger partial charge in [0.15, 0.2) is 0 Å². The van der Waals surface area contributed by atoms with Gasteiger partial charge >= 0.3 is 0 Å². The number of allylic oxidation sites excluding steroid dienone is 1. The first-order chi connectivity index (χ1) is 11.4. The highest BCUT2D eigenvalue weighted by Gasteiger charge is 2.12. The van der Waals surface area contributed by atoms with Gasteiger partial charge in [-0.15, -0.1) is 0 Å². The molecule has 0 aliphatic carbocycles. The van der Waals surface area contributed by atoms with Crippen LogP contribution in [0.1, 0.15) is 36.5 Å². The number of primary amides is 1. The lowest BCUT2D eigenvalue weighted by molar-refractivity contribution is -0.117. The molecule has 2 aromatic rings. The van der Waals surface area contributed by atoms with Crippen molar-refractivity contribution in [2.45, 2.75) is 26.7 Å². The third kappa shape index (κ3) is 4.16. The van der Waals surface area contributed by atoms with E-state index >= 15 is 0 Å². The van der Waals surface area contributed by atoms with Crippen molar-refractivity contribution >= 4 is 17.7 Å². The second-order valence-electron chi connectivity index (χ2n) is 5.73. The van der Waals surface area contributed by atoms with Crippen LogP contribution in [0.2, 0.25) is 0 Å². The minimum absolute atomic E-state index is 0.0888. The number of nitrogens with two attached hydrogens (primary N) is 1. The Morgan fingerprint density at radius 1 is 1.17 bits per heavy atom. The number of amides is 1. The number of carbonyl (C=O) groups is 1. The Hall–Kier alpha value is -2.75. The summed E-state index contributed by atoms with van der Waals surface area (Å²) in [6.45, 7) is 3.89. The van der Waals surface area contributed by atoms with Crippen LogP contribution in [0.3, 0.4) is 0 Å². The second kappa shape index (κ2) is 7.68. The van der Waals surface area contributed by atoms with Crippen LogP contribution in [0.25, 0.3) is 17.2 Å². The van der Waals surface area contributed by atoms with Gasteiger partial charge in [-0.3, -0.25) is 4.79 Å². The van der Waals surface area contributed by atoms with Gasteiger partial charge in [-0.2, -0.15) is 0 Å². The molecule has 0 unspecified atom stereocenters. The molecular formula is C20H21FN2O. The standard InChI is InChI=1S/C20H21FN2O/c1-3-4-14-6-5-13(2)11-17(14)16-8-7-15(12-18(16)21)19(22)9-10-20(23)24/h3-8,11-12,22H,9-10H2,1-2H3,(H2,23,24)/b4-3+,22-19?.